The van der Waals surface area contributed by atoms with E-state index >= 15 is 0 Å². The topological polar surface area (TPSA) is 37.3 Å². The summed E-state index contributed by atoms with van der Waals surface area (Å²) < 4.78 is 0. The van der Waals surface area contributed by atoms with Crippen LogP contribution in [0.3, 0.4) is 0 Å². The second-order valence-electron chi connectivity index (χ2n) is 4.47. The van der Waals surface area contributed by atoms with E-state index in [0.717, 1.165) is 6.42 Å². The van der Waals surface area contributed by atoms with E-state index in [1.807, 2.05) is 13.0 Å². The highest BCUT2D eigenvalue weighted by atomic mass is 16.3. The molecule has 0 aliphatic heterocycles. The third-order valence-corrected chi connectivity index (χ3v) is 3.72. The Labute approximate surface area is 78.6 Å². The van der Waals surface area contributed by atoms with Crippen LogP contribution in [0.25, 0.3) is 0 Å². The van der Waals surface area contributed by atoms with Gasteiger partial charge in [0.05, 0.1) is 6.10 Å². The van der Waals surface area contributed by atoms with Crippen LogP contribution in [0.2, 0.25) is 0 Å². The van der Waals surface area contributed by atoms with Gasteiger partial charge in [0.15, 0.2) is 5.78 Å². The van der Waals surface area contributed by atoms with E-state index < -0.39 is 0 Å². The standard InChI is InChI=1S/C11H16O2/c1-6-3-4-9(12)11-7(2)10(13)5-8(6)11/h3-4,6-8,10-11,13H,5H2,1-2H3/t6-,7-,8-,10+,11+/m0/s1. The highest BCUT2D eigenvalue weighted by Gasteiger charge is 2.46. The lowest BCUT2D eigenvalue weighted by molar-refractivity contribution is -0.121. The SMILES string of the molecule is C[C@@H]1[C@H]2C(=O)C=C[C@H](C)[C@@H]2C[C@H]1O. The summed E-state index contributed by atoms with van der Waals surface area (Å²) in [5.74, 6) is 1.26. The van der Waals surface area contributed by atoms with Crippen molar-refractivity contribution in [2.24, 2.45) is 23.7 Å². The van der Waals surface area contributed by atoms with Crippen LogP contribution in [0.15, 0.2) is 12.2 Å². The highest BCUT2D eigenvalue weighted by Crippen LogP contribution is 2.44. The first-order chi connectivity index (χ1) is 6.11. The number of rotatable bonds is 0. The van der Waals surface area contributed by atoms with Gasteiger partial charge in [-0.05, 0) is 30.3 Å². The van der Waals surface area contributed by atoms with Crippen molar-refractivity contribution < 1.29 is 9.90 Å². The summed E-state index contributed by atoms with van der Waals surface area (Å²) in [5, 5.41) is 9.68. The molecule has 0 heterocycles. The molecule has 1 N–H and O–H groups in total. The Morgan fingerprint density at radius 2 is 2.15 bits per heavy atom. The molecule has 2 rings (SSSR count). The zero-order chi connectivity index (χ0) is 9.59. The predicted molar refractivity (Wildman–Crippen MR) is 50.1 cm³/mol. The monoisotopic (exact) mass is 180 g/mol. The minimum atomic E-state index is -0.277. The molecule has 0 radical (unpaired) electrons. The molecule has 72 valence electrons. The molecular weight excluding hydrogens is 164 g/mol. The Balaban J connectivity index is 2.29. The first-order valence-electron chi connectivity index (χ1n) is 5.01. The number of carbonyl (C=O) groups is 1. The zero-order valence-electron chi connectivity index (χ0n) is 8.10. The summed E-state index contributed by atoms with van der Waals surface area (Å²) in [6.07, 6.45) is 4.19. The Kier molecular flexibility index (Phi) is 2.03. The van der Waals surface area contributed by atoms with E-state index in [9.17, 15) is 9.90 Å². The Hall–Kier alpha value is -0.630. The number of carbonyl (C=O) groups excluding carboxylic acids is 1. The molecule has 0 unspecified atom stereocenters. The third kappa shape index (κ3) is 1.24. The average Bonchev–Trinajstić information content (AvgIpc) is 2.38. The molecule has 1 saturated carbocycles. The average molecular weight is 180 g/mol. The molecule has 0 aromatic carbocycles. The van der Waals surface area contributed by atoms with Crippen molar-refractivity contribution in [3.05, 3.63) is 12.2 Å². The maximum absolute atomic E-state index is 11.6. The fourth-order valence-electron chi connectivity index (χ4n) is 2.78. The molecule has 0 bridgehead atoms. The van der Waals surface area contributed by atoms with Gasteiger partial charge in [-0.2, -0.15) is 0 Å². The van der Waals surface area contributed by atoms with Gasteiger partial charge in [0.25, 0.3) is 0 Å². The number of hydrogen-bond acceptors (Lipinski definition) is 2. The van der Waals surface area contributed by atoms with Gasteiger partial charge in [0.1, 0.15) is 0 Å². The van der Waals surface area contributed by atoms with Crippen molar-refractivity contribution in [1.82, 2.24) is 0 Å². The maximum Gasteiger partial charge on any atom is 0.159 e. The minimum Gasteiger partial charge on any atom is -0.393 e. The normalized spacial score (nSPS) is 49.5. The third-order valence-electron chi connectivity index (χ3n) is 3.72. The van der Waals surface area contributed by atoms with Crippen LogP contribution in [0.1, 0.15) is 20.3 Å². The Morgan fingerprint density at radius 3 is 2.77 bits per heavy atom. The van der Waals surface area contributed by atoms with Crippen LogP contribution in [0, 0.1) is 23.7 Å². The maximum atomic E-state index is 11.6. The molecule has 0 aromatic heterocycles. The number of hydrogen-bond donors (Lipinski definition) is 1. The van der Waals surface area contributed by atoms with Crippen LogP contribution >= 0.6 is 0 Å². The molecular formula is C11H16O2. The molecule has 2 heteroatoms. The van der Waals surface area contributed by atoms with Crippen LogP contribution in [-0.2, 0) is 4.79 Å². The summed E-state index contributed by atoms with van der Waals surface area (Å²) in [6.45, 7) is 4.12. The van der Waals surface area contributed by atoms with Gasteiger partial charge >= 0.3 is 0 Å². The van der Waals surface area contributed by atoms with Crippen molar-refractivity contribution in [3.8, 4) is 0 Å². The first kappa shape index (κ1) is 8.95. The smallest absolute Gasteiger partial charge is 0.159 e. The molecule has 2 aliphatic rings. The van der Waals surface area contributed by atoms with Crippen LogP contribution in [0.4, 0.5) is 0 Å². The van der Waals surface area contributed by atoms with Gasteiger partial charge in [0.2, 0.25) is 0 Å². The number of ketones is 1. The van der Waals surface area contributed by atoms with Crippen LogP contribution in [-0.4, -0.2) is 17.0 Å². The van der Waals surface area contributed by atoms with Gasteiger partial charge in [-0.1, -0.05) is 19.9 Å². The minimum absolute atomic E-state index is 0.0787. The molecule has 2 aliphatic carbocycles. The summed E-state index contributed by atoms with van der Waals surface area (Å²) >= 11 is 0. The van der Waals surface area contributed by atoms with E-state index in [1.165, 1.54) is 0 Å². The van der Waals surface area contributed by atoms with Crippen molar-refractivity contribution >= 4 is 5.78 Å². The largest absolute Gasteiger partial charge is 0.393 e. The lowest BCUT2D eigenvalue weighted by Crippen LogP contribution is -2.29. The van der Waals surface area contributed by atoms with Gasteiger partial charge in [-0.3, -0.25) is 4.79 Å². The van der Waals surface area contributed by atoms with Crippen molar-refractivity contribution in [2.45, 2.75) is 26.4 Å². The van der Waals surface area contributed by atoms with E-state index in [-0.39, 0.29) is 23.7 Å². The van der Waals surface area contributed by atoms with Crippen molar-refractivity contribution in [3.63, 3.8) is 0 Å². The van der Waals surface area contributed by atoms with Crippen LogP contribution < -0.4 is 0 Å². The Morgan fingerprint density at radius 1 is 1.46 bits per heavy atom. The Bertz CT molecular complexity index is 257. The molecule has 1 fully saturated rings. The quantitative estimate of drug-likeness (QED) is 0.611. The summed E-state index contributed by atoms with van der Waals surface area (Å²) in [7, 11) is 0. The van der Waals surface area contributed by atoms with Crippen LogP contribution in [0.5, 0.6) is 0 Å². The first-order valence-corrected chi connectivity index (χ1v) is 5.01. The number of aliphatic hydroxyl groups is 1. The van der Waals surface area contributed by atoms with E-state index in [1.54, 1.807) is 6.08 Å². The van der Waals surface area contributed by atoms with Gasteiger partial charge < -0.3 is 5.11 Å². The van der Waals surface area contributed by atoms with Gasteiger partial charge in [0, 0.05) is 5.92 Å². The summed E-state index contributed by atoms with van der Waals surface area (Å²) in [4.78, 5) is 11.6. The molecule has 2 nitrogen and oxygen atoms in total. The van der Waals surface area contributed by atoms with Crippen molar-refractivity contribution in [1.29, 1.82) is 0 Å². The summed E-state index contributed by atoms with van der Waals surface area (Å²) in [5.41, 5.74) is 0. The van der Waals surface area contributed by atoms with E-state index in [0.29, 0.717) is 11.8 Å². The van der Waals surface area contributed by atoms with E-state index in [4.69, 9.17) is 0 Å². The molecule has 0 spiro atoms. The van der Waals surface area contributed by atoms with Gasteiger partial charge in [-0.25, -0.2) is 0 Å². The van der Waals surface area contributed by atoms with Crippen molar-refractivity contribution in [2.75, 3.05) is 0 Å². The number of aliphatic hydroxyl groups excluding tert-OH is 1. The predicted octanol–water partition coefficient (Wildman–Crippen LogP) is 1.39. The second kappa shape index (κ2) is 2.95. The lowest BCUT2D eigenvalue weighted by Gasteiger charge is -2.27. The summed E-state index contributed by atoms with van der Waals surface area (Å²) in [6, 6.07) is 0. The van der Waals surface area contributed by atoms with Gasteiger partial charge in [-0.15, -0.1) is 0 Å². The molecule has 0 saturated heterocycles. The zero-order valence-corrected chi connectivity index (χ0v) is 8.10. The second-order valence-corrected chi connectivity index (χ2v) is 4.47. The highest BCUT2D eigenvalue weighted by molar-refractivity contribution is 5.93. The number of allylic oxidation sites excluding steroid dienone is 2. The molecule has 0 aromatic rings. The fourth-order valence-corrected chi connectivity index (χ4v) is 2.78. The van der Waals surface area contributed by atoms with E-state index in [2.05, 4.69) is 6.92 Å². The molecule has 13 heavy (non-hydrogen) atoms. The molecule has 0 amide bonds. The lowest BCUT2D eigenvalue weighted by atomic mass is 9.76. The number of fused-ring (bicyclic) bond motifs is 1. The fraction of sp³-hybridized carbons (Fsp3) is 0.727. The molecule has 5 atom stereocenters.